The van der Waals surface area contributed by atoms with Crippen molar-refractivity contribution in [1.29, 1.82) is 0 Å². The molecule has 0 spiro atoms. The lowest BCUT2D eigenvalue weighted by Crippen LogP contribution is -2.57. The van der Waals surface area contributed by atoms with E-state index < -0.39 is 0 Å². The summed E-state index contributed by atoms with van der Waals surface area (Å²) in [5.74, 6) is 0.176. The lowest BCUT2D eigenvalue weighted by Gasteiger charge is -2.53. The van der Waals surface area contributed by atoms with E-state index in [-0.39, 0.29) is 11.9 Å². The molecule has 4 rings (SSSR count). The van der Waals surface area contributed by atoms with Gasteiger partial charge in [-0.1, -0.05) is 28.1 Å². The maximum atomic E-state index is 12.9. The molecular formula is C19H18BrNO. The van der Waals surface area contributed by atoms with E-state index in [9.17, 15) is 4.79 Å². The molecule has 112 valence electrons. The van der Waals surface area contributed by atoms with E-state index in [1.165, 1.54) is 22.3 Å². The number of hydrogen-bond donors (Lipinski definition) is 0. The maximum absolute atomic E-state index is 12.9. The van der Waals surface area contributed by atoms with Gasteiger partial charge in [0.25, 0.3) is 5.91 Å². The number of nitrogens with zero attached hydrogens (tertiary/aromatic N) is 1. The fourth-order valence-electron chi connectivity index (χ4n) is 3.71. The van der Waals surface area contributed by atoms with Gasteiger partial charge in [-0.15, -0.1) is 0 Å². The number of carbonyl (C=O) groups excluding carboxylic acids is 1. The summed E-state index contributed by atoms with van der Waals surface area (Å²) >= 11 is 3.55. The molecule has 3 heteroatoms. The molecule has 1 fully saturated rings. The fourth-order valence-corrected chi connectivity index (χ4v) is 4.09. The topological polar surface area (TPSA) is 20.3 Å². The number of rotatable bonds is 1. The second kappa shape index (κ2) is 4.95. The summed E-state index contributed by atoms with van der Waals surface area (Å²) in [4.78, 5) is 15.0. The van der Waals surface area contributed by atoms with Crippen molar-refractivity contribution in [3.8, 4) is 0 Å². The lowest BCUT2D eigenvalue weighted by molar-refractivity contribution is 0.00651. The normalized spacial score (nSPS) is 22.0. The van der Waals surface area contributed by atoms with Crippen molar-refractivity contribution in [2.24, 2.45) is 0 Å². The van der Waals surface area contributed by atoms with E-state index in [0.717, 1.165) is 22.9 Å². The molecule has 1 aliphatic heterocycles. The van der Waals surface area contributed by atoms with E-state index in [1.54, 1.807) is 0 Å². The molecule has 2 atom stereocenters. The first kappa shape index (κ1) is 14.0. The highest BCUT2D eigenvalue weighted by atomic mass is 79.9. The van der Waals surface area contributed by atoms with Crippen molar-refractivity contribution in [3.63, 3.8) is 0 Å². The molecule has 0 aromatic heterocycles. The van der Waals surface area contributed by atoms with E-state index in [4.69, 9.17) is 0 Å². The molecule has 2 aromatic carbocycles. The van der Waals surface area contributed by atoms with Crippen LogP contribution in [0.5, 0.6) is 0 Å². The SMILES string of the molecule is Cc1ccc(C(=O)N2C3C[C@@H]2Cc2ccc(Br)cc23)cc1C. The van der Waals surface area contributed by atoms with Gasteiger partial charge in [0, 0.05) is 16.1 Å². The number of benzene rings is 2. The quantitative estimate of drug-likeness (QED) is 0.733. The molecule has 0 N–H and O–H groups in total. The summed E-state index contributed by atoms with van der Waals surface area (Å²) in [5.41, 5.74) is 5.94. The Kier molecular flexibility index (Phi) is 3.15. The molecule has 0 radical (unpaired) electrons. The van der Waals surface area contributed by atoms with E-state index in [1.807, 2.05) is 18.2 Å². The summed E-state index contributed by atoms with van der Waals surface area (Å²) < 4.78 is 1.09. The van der Waals surface area contributed by atoms with Crippen LogP contribution < -0.4 is 0 Å². The van der Waals surface area contributed by atoms with Crippen molar-refractivity contribution >= 4 is 21.8 Å². The predicted octanol–water partition coefficient (Wildman–Crippen LogP) is 4.58. The Hall–Kier alpha value is -1.61. The van der Waals surface area contributed by atoms with Crippen LogP contribution in [-0.4, -0.2) is 16.8 Å². The smallest absolute Gasteiger partial charge is 0.254 e. The van der Waals surface area contributed by atoms with Crippen LogP contribution in [0.25, 0.3) is 0 Å². The molecule has 1 amide bonds. The Labute approximate surface area is 139 Å². The third kappa shape index (κ3) is 2.03. The first-order valence-corrected chi connectivity index (χ1v) is 8.52. The van der Waals surface area contributed by atoms with Crippen molar-refractivity contribution in [1.82, 2.24) is 4.90 Å². The second-order valence-electron chi connectivity index (χ2n) is 6.46. The molecule has 1 aliphatic carbocycles. The Balaban J connectivity index is 1.67. The number of likely N-dealkylation sites (tertiary alicyclic amines) is 1. The minimum atomic E-state index is 0.176. The zero-order chi connectivity index (χ0) is 15.4. The van der Waals surface area contributed by atoms with Crippen LogP contribution >= 0.6 is 15.9 Å². The standard InChI is InChI=1S/C19H18BrNO/c1-11-3-4-14(7-12(11)2)19(22)21-16-8-13-5-6-15(20)9-17(13)18(21)10-16/h3-7,9,16,18H,8,10H2,1-2H3/t16-,18?/m0/s1. The zero-order valence-corrected chi connectivity index (χ0v) is 14.4. The van der Waals surface area contributed by atoms with Gasteiger partial charge in [-0.3, -0.25) is 4.79 Å². The summed E-state index contributed by atoms with van der Waals surface area (Å²) in [6.07, 6.45) is 2.08. The van der Waals surface area contributed by atoms with Crippen molar-refractivity contribution in [3.05, 3.63) is 68.7 Å². The highest BCUT2D eigenvalue weighted by molar-refractivity contribution is 9.10. The number of amides is 1. The average molecular weight is 356 g/mol. The Morgan fingerprint density at radius 2 is 1.95 bits per heavy atom. The minimum absolute atomic E-state index is 0.176. The Morgan fingerprint density at radius 3 is 2.73 bits per heavy atom. The number of fused-ring (bicyclic) bond motifs is 4. The first-order valence-electron chi connectivity index (χ1n) is 7.73. The summed E-state index contributed by atoms with van der Waals surface area (Å²) in [7, 11) is 0. The summed E-state index contributed by atoms with van der Waals surface area (Å²) in [6, 6.07) is 13.1. The molecule has 0 saturated carbocycles. The average Bonchev–Trinajstić information content (AvgIpc) is 2.48. The molecule has 2 aromatic rings. The highest BCUT2D eigenvalue weighted by Crippen LogP contribution is 2.48. The van der Waals surface area contributed by atoms with Crippen molar-refractivity contribution in [2.75, 3.05) is 0 Å². The molecule has 2 aliphatic rings. The van der Waals surface area contributed by atoms with Crippen LogP contribution in [0.3, 0.4) is 0 Å². The van der Waals surface area contributed by atoms with Crippen LogP contribution in [0.4, 0.5) is 0 Å². The van der Waals surface area contributed by atoms with Gasteiger partial charge in [0.05, 0.1) is 6.04 Å². The van der Waals surface area contributed by atoms with Crippen molar-refractivity contribution in [2.45, 2.75) is 38.8 Å². The summed E-state index contributed by atoms with van der Waals surface area (Å²) in [5, 5.41) is 0. The van der Waals surface area contributed by atoms with E-state index in [0.29, 0.717) is 6.04 Å². The van der Waals surface area contributed by atoms with Gasteiger partial charge in [0.2, 0.25) is 0 Å². The molecular weight excluding hydrogens is 338 g/mol. The number of halogens is 1. The fraction of sp³-hybridized carbons (Fsp3) is 0.316. The third-order valence-electron chi connectivity index (χ3n) is 5.14. The van der Waals surface area contributed by atoms with Gasteiger partial charge in [-0.2, -0.15) is 0 Å². The monoisotopic (exact) mass is 355 g/mol. The van der Waals surface area contributed by atoms with Crippen LogP contribution in [0.15, 0.2) is 40.9 Å². The van der Waals surface area contributed by atoms with E-state index in [2.05, 4.69) is 52.9 Å². The minimum Gasteiger partial charge on any atom is -0.328 e. The van der Waals surface area contributed by atoms with Crippen LogP contribution in [0.2, 0.25) is 0 Å². The van der Waals surface area contributed by atoms with Crippen LogP contribution in [-0.2, 0) is 6.42 Å². The van der Waals surface area contributed by atoms with Gasteiger partial charge >= 0.3 is 0 Å². The molecule has 1 saturated heterocycles. The van der Waals surface area contributed by atoms with Crippen LogP contribution in [0, 0.1) is 13.8 Å². The molecule has 2 bridgehead atoms. The number of hydrogen-bond acceptors (Lipinski definition) is 1. The van der Waals surface area contributed by atoms with Gasteiger partial charge in [0.1, 0.15) is 0 Å². The maximum Gasteiger partial charge on any atom is 0.254 e. The zero-order valence-electron chi connectivity index (χ0n) is 12.8. The molecule has 2 nitrogen and oxygen atoms in total. The van der Waals surface area contributed by atoms with Gasteiger partial charge in [-0.05, 0) is 73.2 Å². The van der Waals surface area contributed by atoms with Gasteiger partial charge < -0.3 is 4.90 Å². The van der Waals surface area contributed by atoms with E-state index >= 15 is 0 Å². The third-order valence-corrected chi connectivity index (χ3v) is 5.63. The summed E-state index contributed by atoms with van der Waals surface area (Å²) in [6.45, 7) is 4.14. The molecule has 1 heterocycles. The lowest BCUT2D eigenvalue weighted by atomic mass is 9.75. The number of carbonyl (C=O) groups is 1. The largest absolute Gasteiger partial charge is 0.328 e. The molecule has 1 unspecified atom stereocenters. The highest BCUT2D eigenvalue weighted by Gasteiger charge is 2.47. The number of aryl methyl sites for hydroxylation is 2. The second-order valence-corrected chi connectivity index (χ2v) is 7.38. The van der Waals surface area contributed by atoms with Crippen LogP contribution in [0.1, 0.15) is 45.1 Å². The first-order chi connectivity index (χ1) is 10.5. The predicted molar refractivity (Wildman–Crippen MR) is 91.1 cm³/mol. The van der Waals surface area contributed by atoms with Gasteiger partial charge in [-0.25, -0.2) is 0 Å². The Morgan fingerprint density at radius 1 is 1.14 bits per heavy atom. The van der Waals surface area contributed by atoms with Gasteiger partial charge in [0.15, 0.2) is 0 Å². The van der Waals surface area contributed by atoms with Crippen molar-refractivity contribution < 1.29 is 4.79 Å². The molecule has 22 heavy (non-hydrogen) atoms. The Bertz CT molecular complexity index is 783.